The zero-order chi connectivity index (χ0) is 10.1. The highest BCUT2D eigenvalue weighted by Gasteiger charge is 2.18. The van der Waals surface area contributed by atoms with Gasteiger partial charge in [-0.2, -0.15) is 0 Å². The van der Waals surface area contributed by atoms with Gasteiger partial charge in [0.05, 0.1) is 12.2 Å². The fourth-order valence-corrected chi connectivity index (χ4v) is 1.88. The van der Waals surface area contributed by atoms with Crippen molar-refractivity contribution in [2.75, 3.05) is 6.54 Å². The average molecular weight is 196 g/mol. The first kappa shape index (κ1) is 8.36. The lowest BCUT2D eigenvalue weighted by atomic mass is 10.2. The van der Waals surface area contributed by atoms with Gasteiger partial charge in [0, 0.05) is 24.3 Å². The molecule has 0 amide bonds. The van der Waals surface area contributed by atoms with E-state index in [9.17, 15) is 0 Å². The summed E-state index contributed by atoms with van der Waals surface area (Å²) in [5.41, 5.74) is 2.53. The molecule has 0 saturated heterocycles. The molecule has 2 nitrogen and oxygen atoms in total. The highest BCUT2D eigenvalue weighted by Crippen LogP contribution is 2.24. The minimum atomic E-state index is 0.932. The summed E-state index contributed by atoms with van der Waals surface area (Å²) in [4.78, 5) is 4.42. The molecule has 3 rings (SSSR count). The molecule has 74 valence electrons. The van der Waals surface area contributed by atoms with Crippen LogP contribution < -0.4 is 0 Å². The van der Waals surface area contributed by atoms with Crippen LogP contribution >= 0.6 is 0 Å². The third-order valence-electron chi connectivity index (χ3n) is 2.67. The first-order valence-electron chi connectivity index (χ1n) is 5.09. The summed E-state index contributed by atoms with van der Waals surface area (Å²) in [6, 6.07) is 0. The summed E-state index contributed by atoms with van der Waals surface area (Å²) < 4.78 is 0. The zero-order valence-corrected chi connectivity index (χ0v) is 8.38. The van der Waals surface area contributed by atoms with E-state index in [1.807, 2.05) is 0 Å². The largest absolute Gasteiger partial charge is 0.341 e. The molecule has 0 aromatic carbocycles. The van der Waals surface area contributed by atoms with Crippen LogP contribution in [0.3, 0.4) is 0 Å². The Balaban J connectivity index is 2.02. The number of rotatable bonds is 0. The number of allylic oxidation sites excluding steroid dienone is 7. The van der Waals surface area contributed by atoms with Crippen molar-refractivity contribution in [3.63, 3.8) is 0 Å². The monoisotopic (exact) mass is 196 g/mol. The highest BCUT2D eigenvalue weighted by atomic mass is 15.2. The van der Waals surface area contributed by atoms with Crippen molar-refractivity contribution in [3.8, 4) is 0 Å². The highest BCUT2D eigenvalue weighted by molar-refractivity contribution is 5.36. The maximum Gasteiger partial charge on any atom is 0.0632 e. The van der Waals surface area contributed by atoms with E-state index in [0.29, 0.717) is 0 Å². The Morgan fingerprint density at radius 3 is 2.87 bits per heavy atom. The average Bonchev–Trinajstić information content (AvgIpc) is 2.50. The van der Waals surface area contributed by atoms with Crippen LogP contribution in [-0.4, -0.2) is 16.3 Å². The maximum absolute atomic E-state index is 2.25. The van der Waals surface area contributed by atoms with E-state index in [0.717, 1.165) is 6.54 Å². The van der Waals surface area contributed by atoms with Gasteiger partial charge in [-0.1, -0.05) is 18.2 Å². The smallest absolute Gasteiger partial charge is 0.0632 e. The lowest BCUT2D eigenvalue weighted by Crippen LogP contribution is -2.31. The van der Waals surface area contributed by atoms with Crippen LogP contribution in [0.4, 0.5) is 0 Å². The van der Waals surface area contributed by atoms with Crippen molar-refractivity contribution in [3.05, 3.63) is 72.5 Å². The molecular formula is C13H12N2. The summed E-state index contributed by atoms with van der Waals surface area (Å²) in [6.45, 7) is 0.932. The Bertz CT molecular complexity index is 447. The van der Waals surface area contributed by atoms with Crippen molar-refractivity contribution in [1.29, 1.82) is 0 Å². The molecule has 0 fully saturated rings. The van der Waals surface area contributed by atoms with Crippen LogP contribution in [0.25, 0.3) is 0 Å². The first-order chi connectivity index (χ1) is 7.43. The lowest BCUT2D eigenvalue weighted by Gasteiger charge is -2.34. The summed E-state index contributed by atoms with van der Waals surface area (Å²) in [7, 11) is 0. The van der Waals surface area contributed by atoms with E-state index in [4.69, 9.17) is 0 Å². The normalized spacial score (nSPS) is 21.9. The predicted molar refractivity (Wildman–Crippen MR) is 61.3 cm³/mol. The summed E-state index contributed by atoms with van der Waals surface area (Å²) in [5.74, 6) is 0. The van der Waals surface area contributed by atoms with Gasteiger partial charge in [0.15, 0.2) is 0 Å². The molecule has 2 heteroatoms. The molecule has 0 atom stereocenters. The second-order valence-electron chi connectivity index (χ2n) is 3.67. The first-order valence-corrected chi connectivity index (χ1v) is 5.09. The van der Waals surface area contributed by atoms with Gasteiger partial charge in [0.2, 0.25) is 0 Å². The molecule has 0 aromatic rings. The van der Waals surface area contributed by atoms with Gasteiger partial charge in [-0.15, -0.1) is 0 Å². The minimum absolute atomic E-state index is 0.932. The molecule has 0 aliphatic carbocycles. The molecule has 3 heterocycles. The molecule has 0 saturated carbocycles. The molecule has 0 spiro atoms. The molecule has 0 radical (unpaired) electrons. The van der Waals surface area contributed by atoms with E-state index >= 15 is 0 Å². The third kappa shape index (κ3) is 1.44. The van der Waals surface area contributed by atoms with Gasteiger partial charge in [0.25, 0.3) is 0 Å². The van der Waals surface area contributed by atoms with E-state index in [1.165, 1.54) is 11.4 Å². The number of hydrogen-bond donors (Lipinski definition) is 0. The fraction of sp³-hybridized carbons (Fsp3) is 0.0769. The Morgan fingerprint density at radius 2 is 1.87 bits per heavy atom. The molecule has 0 N–H and O–H groups in total. The summed E-state index contributed by atoms with van der Waals surface area (Å²) in [6.07, 6.45) is 20.9. The van der Waals surface area contributed by atoms with Crippen LogP contribution in [0.1, 0.15) is 0 Å². The third-order valence-corrected chi connectivity index (χ3v) is 2.67. The van der Waals surface area contributed by atoms with E-state index in [2.05, 4.69) is 70.9 Å². The van der Waals surface area contributed by atoms with Gasteiger partial charge in [0.1, 0.15) is 0 Å². The number of fused-ring (bicyclic) bond motifs is 2. The number of nitrogens with zero attached hydrogens (tertiary/aromatic N) is 2. The van der Waals surface area contributed by atoms with Crippen molar-refractivity contribution >= 4 is 0 Å². The molecule has 0 aromatic heterocycles. The maximum atomic E-state index is 2.25. The Morgan fingerprint density at radius 1 is 0.933 bits per heavy atom. The Labute approximate surface area is 89.5 Å². The molecule has 3 aliphatic rings. The second kappa shape index (κ2) is 3.31. The Kier molecular flexibility index (Phi) is 1.85. The van der Waals surface area contributed by atoms with Crippen molar-refractivity contribution in [1.82, 2.24) is 9.80 Å². The van der Waals surface area contributed by atoms with Crippen LogP contribution in [0.15, 0.2) is 72.5 Å². The van der Waals surface area contributed by atoms with Crippen molar-refractivity contribution in [2.45, 2.75) is 0 Å². The molecule has 15 heavy (non-hydrogen) atoms. The van der Waals surface area contributed by atoms with E-state index < -0.39 is 0 Å². The van der Waals surface area contributed by atoms with Gasteiger partial charge in [-0.05, 0) is 24.3 Å². The summed E-state index contributed by atoms with van der Waals surface area (Å²) >= 11 is 0. The van der Waals surface area contributed by atoms with Gasteiger partial charge < -0.3 is 9.80 Å². The number of hydrogen-bond acceptors (Lipinski definition) is 2. The van der Waals surface area contributed by atoms with Crippen LogP contribution in [-0.2, 0) is 0 Å². The SMILES string of the molecule is C1=CC=C2CN3C=CC=CC3=CN2C=C1. The summed E-state index contributed by atoms with van der Waals surface area (Å²) in [5, 5.41) is 0. The zero-order valence-electron chi connectivity index (χ0n) is 8.38. The quantitative estimate of drug-likeness (QED) is 0.587. The van der Waals surface area contributed by atoms with E-state index in [-0.39, 0.29) is 0 Å². The molecule has 0 unspecified atom stereocenters. The van der Waals surface area contributed by atoms with E-state index in [1.54, 1.807) is 0 Å². The molecule has 3 aliphatic heterocycles. The molecule has 0 bridgehead atoms. The standard InChI is InChI=1S/C13H12N2/c1-2-6-12-10-15-9-5-3-7-13(15)11-14(12)8-4-1/h1-9,11H,10H2. The molecular weight excluding hydrogens is 184 g/mol. The second-order valence-corrected chi connectivity index (χ2v) is 3.67. The van der Waals surface area contributed by atoms with Crippen molar-refractivity contribution in [2.24, 2.45) is 0 Å². The topological polar surface area (TPSA) is 6.48 Å². The van der Waals surface area contributed by atoms with Gasteiger partial charge >= 0.3 is 0 Å². The predicted octanol–water partition coefficient (Wildman–Crippen LogP) is 2.50. The van der Waals surface area contributed by atoms with Gasteiger partial charge in [-0.3, -0.25) is 0 Å². The van der Waals surface area contributed by atoms with Crippen LogP contribution in [0.5, 0.6) is 0 Å². The van der Waals surface area contributed by atoms with Crippen LogP contribution in [0.2, 0.25) is 0 Å². The Hall–Kier alpha value is -1.96. The van der Waals surface area contributed by atoms with Crippen LogP contribution in [0, 0.1) is 0 Å². The van der Waals surface area contributed by atoms with Gasteiger partial charge in [-0.25, -0.2) is 0 Å². The minimum Gasteiger partial charge on any atom is -0.341 e. The fourth-order valence-electron chi connectivity index (χ4n) is 1.88. The van der Waals surface area contributed by atoms with Crippen molar-refractivity contribution < 1.29 is 0 Å². The lowest BCUT2D eigenvalue weighted by molar-refractivity contribution is 0.412.